The summed E-state index contributed by atoms with van der Waals surface area (Å²) in [5, 5.41) is 9.87. The Hall–Kier alpha value is -1.59. The highest BCUT2D eigenvalue weighted by Crippen LogP contribution is 2.29. The molecule has 0 radical (unpaired) electrons. The number of nitrogens with one attached hydrogen (secondary N) is 2. The lowest BCUT2D eigenvalue weighted by molar-refractivity contribution is 0.342. The zero-order valence-corrected chi connectivity index (χ0v) is 14.4. The van der Waals surface area contributed by atoms with Crippen LogP contribution in [-0.4, -0.2) is 24.2 Å². The van der Waals surface area contributed by atoms with Gasteiger partial charge in [-0.05, 0) is 38.9 Å². The molecule has 0 fully saturated rings. The third-order valence-corrected chi connectivity index (χ3v) is 4.04. The molecular weight excluding hydrogens is 294 g/mol. The number of rotatable bonds is 9. The molecule has 0 bridgehead atoms. The summed E-state index contributed by atoms with van der Waals surface area (Å²) in [7, 11) is 0. The second kappa shape index (κ2) is 8.76. The van der Waals surface area contributed by atoms with E-state index in [9.17, 15) is 0 Å². The highest BCUT2D eigenvalue weighted by Gasteiger charge is 2.09. The van der Waals surface area contributed by atoms with Crippen LogP contribution in [0.1, 0.15) is 32.9 Å². The standard InChI is InChI=1S/C17H25N3OS/c1-4-10-18-13(3)11-14-12-22-17(19-14)20-15-8-6-7-9-16(15)21-5-2/h6-9,12-13,18H,4-5,10-11H2,1-3H3,(H,19,20). The zero-order valence-electron chi connectivity index (χ0n) is 13.6. The first-order valence-corrected chi connectivity index (χ1v) is 8.77. The number of ether oxygens (including phenoxy) is 1. The summed E-state index contributed by atoms with van der Waals surface area (Å²) in [6, 6.07) is 8.40. The number of para-hydroxylation sites is 2. The number of hydrogen-bond acceptors (Lipinski definition) is 5. The fourth-order valence-corrected chi connectivity index (χ4v) is 2.94. The lowest BCUT2D eigenvalue weighted by atomic mass is 10.2. The van der Waals surface area contributed by atoms with Gasteiger partial charge in [-0.1, -0.05) is 19.1 Å². The van der Waals surface area contributed by atoms with Crippen molar-refractivity contribution in [1.29, 1.82) is 0 Å². The minimum Gasteiger partial charge on any atom is -0.492 e. The fourth-order valence-electron chi connectivity index (χ4n) is 2.20. The molecule has 2 rings (SSSR count). The van der Waals surface area contributed by atoms with Gasteiger partial charge in [0.15, 0.2) is 5.13 Å². The molecule has 4 nitrogen and oxygen atoms in total. The van der Waals surface area contributed by atoms with Gasteiger partial charge in [-0.15, -0.1) is 11.3 Å². The Labute approximate surface area is 136 Å². The van der Waals surface area contributed by atoms with E-state index in [1.54, 1.807) is 11.3 Å². The largest absolute Gasteiger partial charge is 0.492 e. The zero-order chi connectivity index (χ0) is 15.8. The first kappa shape index (κ1) is 16.8. The Morgan fingerprint density at radius 1 is 1.27 bits per heavy atom. The van der Waals surface area contributed by atoms with Crippen molar-refractivity contribution in [3.05, 3.63) is 35.3 Å². The molecule has 0 saturated carbocycles. The lowest BCUT2D eigenvalue weighted by Gasteiger charge is -2.11. The molecule has 1 heterocycles. The van der Waals surface area contributed by atoms with Crippen molar-refractivity contribution in [1.82, 2.24) is 10.3 Å². The van der Waals surface area contributed by atoms with Gasteiger partial charge < -0.3 is 15.4 Å². The van der Waals surface area contributed by atoms with Crippen LogP contribution in [0.5, 0.6) is 5.75 Å². The molecule has 5 heteroatoms. The maximum absolute atomic E-state index is 5.63. The molecule has 2 N–H and O–H groups in total. The van der Waals surface area contributed by atoms with Crippen LogP contribution in [0.4, 0.5) is 10.8 Å². The summed E-state index contributed by atoms with van der Waals surface area (Å²) in [5.41, 5.74) is 2.08. The molecule has 0 aliphatic heterocycles. The molecule has 120 valence electrons. The van der Waals surface area contributed by atoms with E-state index in [-0.39, 0.29) is 0 Å². The van der Waals surface area contributed by atoms with E-state index >= 15 is 0 Å². The van der Waals surface area contributed by atoms with Crippen LogP contribution in [0.15, 0.2) is 29.6 Å². The van der Waals surface area contributed by atoms with E-state index in [2.05, 4.69) is 34.8 Å². The van der Waals surface area contributed by atoms with E-state index in [4.69, 9.17) is 4.74 Å². The fraction of sp³-hybridized carbons (Fsp3) is 0.471. The summed E-state index contributed by atoms with van der Waals surface area (Å²) in [6.07, 6.45) is 2.10. The molecule has 1 aromatic carbocycles. The first-order valence-electron chi connectivity index (χ1n) is 7.89. The van der Waals surface area contributed by atoms with E-state index in [0.717, 1.165) is 41.6 Å². The summed E-state index contributed by atoms with van der Waals surface area (Å²) >= 11 is 1.63. The molecule has 0 aliphatic carbocycles. The molecule has 1 aromatic heterocycles. The van der Waals surface area contributed by atoms with Crippen LogP contribution < -0.4 is 15.4 Å². The number of aromatic nitrogens is 1. The topological polar surface area (TPSA) is 46.2 Å². The van der Waals surface area contributed by atoms with Gasteiger partial charge in [0.2, 0.25) is 0 Å². The summed E-state index contributed by atoms with van der Waals surface area (Å²) in [5.74, 6) is 0.861. The smallest absolute Gasteiger partial charge is 0.187 e. The van der Waals surface area contributed by atoms with Gasteiger partial charge in [0.1, 0.15) is 5.75 Å². The van der Waals surface area contributed by atoms with Crippen molar-refractivity contribution >= 4 is 22.2 Å². The Morgan fingerprint density at radius 2 is 2.09 bits per heavy atom. The van der Waals surface area contributed by atoms with Gasteiger partial charge in [0, 0.05) is 17.8 Å². The van der Waals surface area contributed by atoms with Crippen molar-refractivity contribution in [2.75, 3.05) is 18.5 Å². The van der Waals surface area contributed by atoms with Gasteiger partial charge in [-0.25, -0.2) is 4.98 Å². The average Bonchev–Trinajstić information content (AvgIpc) is 2.94. The average molecular weight is 319 g/mol. The Bertz CT molecular complexity index is 571. The van der Waals surface area contributed by atoms with E-state index in [0.29, 0.717) is 12.6 Å². The van der Waals surface area contributed by atoms with E-state index < -0.39 is 0 Å². The number of anilines is 2. The van der Waals surface area contributed by atoms with Gasteiger partial charge in [0.25, 0.3) is 0 Å². The molecule has 2 aromatic rings. The van der Waals surface area contributed by atoms with Crippen LogP contribution in [0.3, 0.4) is 0 Å². The van der Waals surface area contributed by atoms with Crippen LogP contribution in [-0.2, 0) is 6.42 Å². The van der Waals surface area contributed by atoms with Gasteiger partial charge in [0.05, 0.1) is 18.0 Å². The SMILES string of the molecule is CCCNC(C)Cc1csc(Nc2ccccc2OCC)n1. The highest BCUT2D eigenvalue weighted by atomic mass is 32.1. The second-order valence-electron chi connectivity index (χ2n) is 5.26. The summed E-state index contributed by atoms with van der Waals surface area (Å²) in [4.78, 5) is 4.67. The summed E-state index contributed by atoms with van der Waals surface area (Å²) in [6.45, 7) is 8.08. The maximum Gasteiger partial charge on any atom is 0.187 e. The van der Waals surface area contributed by atoms with Crippen LogP contribution >= 0.6 is 11.3 Å². The Kier molecular flexibility index (Phi) is 6.68. The summed E-state index contributed by atoms with van der Waals surface area (Å²) < 4.78 is 5.63. The highest BCUT2D eigenvalue weighted by molar-refractivity contribution is 7.13. The molecule has 0 saturated heterocycles. The number of nitrogens with zero attached hydrogens (tertiary/aromatic N) is 1. The normalized spacial score (nSPS) is 12.1. The van der Waals surface area contributed by atoms with Crippen LogP contribution in [0.25, 0.3) is 0 Å². The molecule has 0 spiro atoms. The molecule has 0 amide bonds. The van der Waals surface area contributed by atoms with Crippen molar-refractivity contribution in [3.63, 3.8) is 0 Å². The first-order chi connectivity index (χ1) is 10.7. The molecule has 22 heavy (non-hydrogen) atoms. The minimum atomic E-state index is 0.450. The monoisotopic (exact) mass is 319 g/mol. The number of thiazole rings is 1. The van der Waals surface area contributed by atoms with Gasteiger partial charge in [-0.2, -0.15) is 0 Å². The van der Waals surface area contributed by atoms with Crippen LogP contribution in [0, 0.1) is 0 Å². The molecule has 0 aliphatic rings. The molecule has 1 atom stereocenters. The number of benzene rings is 1. The second-order valence-corrected chi connectivity index (χ2v) is 6.12. The molecular formula is C17H25N3OS. The van der Waals surface area contributed by atoms with Gasteiger partial charge >= 0.3 is 0 Å². The third kappa shape index (κ3) is 5.00. The number of hydrogen-bond donors (Lipinski definition) is 2. The van der Waals surface area contributed by atoms with Crippen LogP contribution in [0.2, 0.25) is 0 Å². The Morgan fingerprint density at radius 3 is 2.86 bits per heavy atom. The van der Waals surface area contributed by atoms with E-state index in [1.165, 1.54) is 0 Å². The van der Waals surface area contributed by atoms with Gasteiger partial charge in [-0.3, -0.25) is 0 Å². The molecule has 1 unspecified atom stereocenters. The maximum atomic E-state index is 5.63. The predicted molar refractivity (Wildman–Crippen MR) is 94.5 cm³/mol. The quantitative estimate of drug-likeness (QED) is 0.726. The Balaban J connectivity index is 1.97. The van der Waals surface area contributed by atoms with Crippen molar-refractivity contribution in [3.8, 4) is 5.75 Å². The van der Waals surface area contributed by atoms with Crippen molar-refractivity contribution < 1.29 is 4.74 Å². The lowest BCUT2D eigenvalue weighted by Crippen LogP contribution is -2.28. The minimum absolute atomic E-state index is 0.450. The predicted octanol–water partition coefficient (Wildman–Crippen LogP) is 4.22. The van der Waals surface area contributed by atoms with E-state index in [1.807, 2.05) is 31.2 Å². The third-order valence-electron chi connectivity index (χ3n) is 3.24. The van der Waals surface area contributed by atoms with Crippen molar-refractivity contribution in [2.24, 2.45) is 0 Å². The van der Waals surface area contributed by atoms with Crippen molar-refractivity contribution in [2.45, 2.75) is 39.7 Å².